The van der Waals surface area contributed by atoms with Crippen molar-refractivity contribution in [3.8, 4) is 0 Å². The van der Waals surface area contributed by atoms with Crippen molar-refractivity contribution < 1.29 is 37.6 Å². The minimum atomic E-state index is -2.15. The lowest BCUT2D eigenvalue weighted by Gasteiger charge is -2.53. The van der Waals surface area contributed by atoms with Crippen LogP contribution < -0.4 is 0 Å². The van der Waals surface area contributed by atoms with E-state index in [-0.39, 0.29) is 30.1 Å². The van der Waals surface area contributed by atoms with E-state index in [9.17, 15) is 5.11 Å². The number of rotatable bonds is 23. The number of ether oxygens (including phenoxy) is 5. The van der Waals surface area contributed by atoms with Gasteiger partial charge in [-0.05, 0) is 65.3 Å². The summed E-state index contributed by atoms with van der Waals surface area (Å²) >= 11 is 0. The molecule has 1 fully saturated rings. The van der Waals surface area contributed by atoms with Gasteiger partial charge in [0.1, 0.15) is 12.9 Å². The van der Waals surface area contributed by atoms with Gasteiger partial charge in [-0.25, -0.2) is 0 Å². The van der Waals surface area contributed by atoms with Gasteiger partial charge in [0.2, 0.25) is 14.1 Å². The standard InChI is InChI=1S/C44H84O8Si3/c1-33(2)55(34(3)4,35(5)6)50-25-24-38-28-39(51-44(46-13,41(38)45)43(11,12)31-48-30-37-22-20-19-21-23-37)29-40(49-32-47-26-27-53(14,15)16)36(7)52-54(17,18)42(8,9)10/h19-24,33-36,39-41,45H,25-32H2,1-18H3/b38-24+/t36-,39+,40-,41+,44+/m1/s1. The minimum absolute atomic E-state index is 0.0382. The van der Waals surface area contributed by atoms with Crippen LogP contribution in [-0.2, 0) is 39.1 Å². The highest BCUT2D eigenvalue weighted by atomic mass is 28.4. The summed E-state index contributed by atoms with van der Waals surface area (Å²) in [5.41, 5.74) is 2.54. The van der Waals surface area contributed by atoms with Crippen molar-refractivity contribution in [1.82, 2.24) is 0 Å². The van der Waals surface area contributed by atoms with Gasteiger partial charge in [-0.3, -0.25) is 0 Å². The zero-order chi connectivity index (χ0) is 42.0. The lowest BCUT2D eigenvalue weighted by Crippen LogP contribution is -2.63. The third kappa shape index (κ3) is 13.7. The zero-order valence-corrected chi connectivity index (χ0v) is 41.5. The van der Waals surface area contributed by atoms with Gasteiger partial charge in [-0.2, -0.15) is 0 Å². The summed E-state index contributed by atoms with van der Waals surface area (Å²) in [6.07, 6.45) is 1.25. The van der Waals surface area contributed by atoms with Gasteiger partial charge in [0.25, 0.3) is 0 Å². The molecule has 1 aliphatic heterocycles. The first-order chi connectivity index (χ1) is 25.3. The van der Waals surface area contributed by atoms with E-state index in [1.165, 1.54) is 0 Å². The summed E-state index contributed by atoms with van der Waals surface area (Å²) in [6, 6.07) is 11.2. The molecule has 5 atom stereocenters. The van der Waals surface area contributed by atoms with Crippen LogP contribution >= 0.6 is 0 Å². The average Bonchev–Trinajstić information content (AvgIpc) is 3.05. The second-order valence-corrected chi connectivity index (χ2v) is 36.2. The van der Waals surface area contributed by atoms with E-state index in [0.717, 1.165) is 17.2 Å². The highest BCUT2D eigenvalue weighted by molar-refractivity contribution is 6.77. The molecule has 0 amide bonds. The second kappa shape index (κ2) is 21.0. The third-order valence-electron chi connectivity index (χ3n) is 12.4. The Bertz CT molecular complexity index is 1270. The molecule has 0 spiro atoms. The topological polar surface area (TPSA) is 84.8 Å². The molecule has 55 heavy (non-hydrogen) atoms. The van der Waals surface area contributed by atoms with Crippen LogP contribution in [0.5, 0.6) is 0 Å². The molecule has 0 unspecified atom stereocenters. The first kappa shape index (κ1) is 50.4. The van der Waals surface area contributed by atoms with Gasteiger partial charge in [0, 0.05) is 33.6 Å². The highest BCUT2D eigenvalue weighted by Gasteiger charge is 2.58. The van der Waals surface area contributed by atoms with Crippen molar-refractivity contribution in [3.63, 3.8) is 0 Å². The third-order valence-corrected chi connectivity index (χ3v) is 24.7. The quantitative estimate of drug-likeness (QED) is 0.0505. The zero-order valence-electron chi connectivity index (χ0n) is 38.5. The van der Waals surface area contributed by atoms with Gasteiger partial charge in [0.15, 0.2) is 8.32 Å². The Balaban J connectivity index is 2.55. The van der Waals surface area contributed by atoms with E-state index in [1.807, 2.05) is 18.2 Å². The molecule has 1 N–H and O–H groups in total. The van der Waals surface area contributed by atoms with Crippen molar-refractivity contribution in [2.24, 2.45) is 5.41 Å². The molecule has 2 rings (SSSR count). The minimum Gasteiger partial charge on any atom is -0.412 e. The van der Waals surface area contributed by atoms with E-state index in [1.54, 1.807) is 7.11 Å². The molecule has 320 valence electrons. The Labute approximate surface area is 341 Å². The van der Waals surface area contributed by atoms with Crippen LogP contribution in [0.1, 0.15) is 101 Å². The molecule has 0 aromatic heterocycles. The van der Waals surface area contributed by atoms with Crippen LogP contribution in [0.25, 0.3) is 0 Å². The number of aliphatic hydroxyl groups excluding tert-OH is 1. The summed E-state index contributed by atoms with van der Waals surface area (Å²) in [5, 5.41) is 12.4. The summed E-state index contributed by atoms with van der Waals surface area (Å²) in [7, 11) is -3.90. The van der Waals surface area contributed by atoms with Crippen molar-refractivity contribution in [3.05, 3.63) is 47.5 Å². The number of aliphatic hydroxyl groups is 1. The lowest BCUT2D eigenvalue weighted by molar-refractivity contribution is -0.353. The van der Waals surface area contributed by atoms with Crippen LogP contribution in [0.2, 0.25) is 60.4 Å². The van der Waals surface area contributed by atoms with Crippen molar-refractivity contribution in [2.75, 3.05) is 33.7 Å². The Morgan fingerprint density at radius 2 is 1.47 bits per heavy atom. The summed E-state index contributed by atoms with van der Waals surface area (Å²) in [5.74, 6) is -1.40. The Morgan fingerprint density at radius 1 is 0.891 bits per heavy atom. The Hall–Kier alpha value is -0.709. The number of hydrogen-bond acceptors (Lipinski definition) is 8. The monoisotopic (exact) mass is 825 g/mol. The van der Waals surface area contributed by atoms with E-state index >= 15 is 0 Å². The highest BCUT2D eigenvalue weighted by Crippen LogP contribution is 2.48. The van der Waals surface area contributed by atoms with Gasteiger partial charge < -0.3 is 37.6 Å². The maximum absolute atomic E-state index is 12.4. The van der Waals surface area contributed by atoms with Gasteiger partial charge in [-0.15, -0.1) is 0 Å². The van der Waals surface area contributed by atoms with E-state index in [4.69, 9.17) is 32.5 Å². The summed E-state index contributed by atoms with van der Waals surface area (Å²) in [4.78, 5) is 0. The fourth-order valence-corrected chi connectivity index (χ4v) is 15.7. The molecule has 8 nitrogen and oxygen atoms in total. The molecule has 0 bridgehead atoms. The molecule has 1 aliphatic rings. The van der Waals surface area contributed by atoms with Crippen LogP contribution in [-0.4, -0.2) is 93.7 Å². The molecule has 0 aliphatic carbocycles. The van der Waals surface area contributed by atoms with Gasteiger partial charge in [0.05, 0.1) is 38.1 Å². The second-order valence-electron chi connectivity index (χ2n) is 20.3. The van der Waals surface area contributed by atoms with Crippen molar-refractivity contribution in [1.29, 1.82) is 0 Å². The lowest BCUT2D eigenvalue weighted by atomic mass is 9.75. The molecule has 11 heteroatoms. The van der Waals surface area contributed by atoms with Crippen molar-refractivity contribution in [2.45, 2.75) is 193 Å². The molecular weight excluding hydrogens is 741 g/mol. The smallest absolute Gasteiger partial charge is 0.205 e. The SMILES string of the molecule is CO[C@]1(C(C)(C)COCc2ccccc2)O[C@H](C[C@@H](OCOCC[Si](C)(C)C)[C@@H](C)O[Si](C)(C)C(C)(C)C)C/C(=C\CO[Si](C(C)C)(C(C)C)C(C)C)[C@@H]1O. The fourth-order valence-electron chi connectivity index (χ4n) is 8.10. The Morgan fingerprint density at radius 3 is 1.98 bits per heavy atom. The summed E-state index contributed by atoms with van der Waals surface area (Å²) in [6.45, 7) is 40.5. The Kier molecular flexibility index (Phi) is 19.3. The molecule has 1 saturated heterocycles. The average molecular weight is 825 g/mol. The first-order valence-corrected chi connectivity index (χ1v) is 29.7. The van der Waals surface area contributed by atoms with E-state index in [0.29, 0.717) is 55.9 Å². The predicted octanol–water partition coefficient (Wildman–Crippen LogP) is 11.3. The molecular formula is C44H84O8Si3. The van der Waals surface area contributed by atoms with Crippen LogP contribution in [0.15, 0.2) is 42.0 Å². The number of methoxy groups -OCH3 is 1. The fraction of sp³-hybridized carbons (Fsp3) is 0.818. The summed E-state index contributed by atoms with van der Waals surface area (Å²) < 4.78 is 46.4. The van der Waals surface area contributed by atoms with E-state index in [2.05, 4.69) is 134 Å². The largest absolute Gasteiger partial charge is 0.412 e. The molecule has 0 radical (unpaired) electrons. The molecule has 0 saturated carbocycles. The van der Waals surface area contributed by atoms with E-state index < -0.39 is 42.0 Å². The predicted molar refractivity (Wildman–Crippen MR) is 236 cm³/mol. The molecule has 1 heterocycles. The first-order valence-electron chi connectivity index (χ1n) is 21.0. The van der Waals surface area contributed by atoms with Gasteiger partial charge in [-0.1, -0.05) is 132 Å². The van der Waals surface area contributed by atoms with Crippen LogP contribution in [0, 0.1) is 5.41 Å². The maximum Gasteiger partial charge on any atom is 0.205 e. The maximum atomic E-state index is 12.4. The van der Waals surface area contributed by atoms with Crippen LogP contribution in [0.3, 0.4) is 0 Å². The molecule has 1 aromatic carbocycles. The van der Waals surface area contributed by atoms with Crippen LogP contribution in [0.4, 0.5) is 0 Å². The molecule has 1 aromatic rings. The van der Waals surface area contributed by atoms with Gasteiger partial charge >= 0.3 is 0 Å². The normalized spacial score (nSPS) is 22.6. The number of benzene rings is 1. The van der Waals surface area contributed by atoms with Crippen molar-refractivity contribution >= 4 is 24.7 Å². The number of hydrogen-bond donors (Lipinski definition) is 1.